The first-order valence-corrected chi connectivity index (χ1v) is 6.12. The van der Waals surface area contributed by atoms with Crippen LogP contribution in [-0.4, -0.2) is 35.6 Å². The Morgan fingerprint density at radius 3 is 2.87 bits per heavy atom. The van der Waals surface area contributed by atoms with Gasteiger partial charge in [0.2, 0.25) is 5.91 Å². The Balaban J connectivity index is 1.84. The zero-order valence-corrected chi connectivity index (χ0v) is 9.48. The van der Waals surface area contributed by atoms with Crippen molar-refractivity contribution in [1.82, 2.24) is 4.90 Å². The average Bonchev–Trinajstić information content (AvgIpc) is 2.95. The zero-order valence-electron chi connectivity index (χ0n) is 9.48. The maximum absolute atomic E-state index is 12.0. The molecule has 0 spiro atoms. The highest BCUT2D eigenvalue weighted by Crippen LogP contribution is 2.39. The number of hydrogen-bond donors (Lipinski definition) is 1. The molecule has 0 aromatic carbocycles. The summed E-state index contributed by atoms with van der Waals surface area (Å²) in [5.74, 6) is 1.82. The highest BCUT2D eigenvalue weighted by Gasteiger charge is 2.42. The summed E-state index contributed by atoms with van der Waals surface area (Å²) in [6.07, 6.45) is 4.21. The second kappa shape index (κ2) is 4.52. The van der Waals surface area contributed by atoms with Crippen LogP contribution in [0.1, 0.15) is 32.6 Å². The first kappa shape index (κ1) is 10.9. The van der Waals surface area contributed by atoms with Crippen molar-refractivity contribution in [2.24, 2.45) is 17.8 Å². The lowest BCUT2D eigenvalue weighted by Crippen LogP contribution is -2.41. The average molecular weight is 211 g/mol. The third-order valence-corrected chi connectivity index (χ3v) is 3.79. The summed E-state index contributed by atoms with van der Waals surface area (Å²) in [6, 6.07) is 0. The standard InChI is InChI=1S/C12H21NO2/c1-9-7-11(9)12(15)13-5-2-3-10(8-13)4-6-14/h9-11,14H,2-8H2,1H3. The molecule has 1 heterocycles. The topological polar surface area (TPSA) is 40.5 Å². The van der Waals surface area contributed by atoms with Crippen LogP contribution in [-0.2, 0) is 4.79 Å². The molecule has 1 aliphatic heterocycles. The van der Waals surface area contributed by atoms with Gasteiger partial charge in [-0.3, -0.25) is 4.79 Å². The van der Waals surface area contributed by atoms with Crippen molar-refractivity contribution < 1.29 is 9.90 Å². The molecule has 15 heavy (non-hydrogen) atoms. The molecule has 2 fully saturated rings. The fourth-order valence-electron chi connectivity index (χ4n) is 2.58. The predicted molar refractivity (Wildman–Crippen MR) is 58.3 cm³/mol. The monoisotopic (exact) mass is 211 g/mol. The van der Waals surface area contributed by atoms with E-state index in [-0.39, 0.29) is 6.61 Å². The number of amides is 1. The molecular formula is C12H21NO2. The molecule has 1 N–H and O–H groups in total. The molecule has 2 aliphatic rings. The fraction of sp³-hybridized carbons (Fsp3) is 0.917. The van der Waals surface area contributed by atoms with Gasteiger partial charge in [0.1, 0.15) is 0 Å². The van der Waals surface area contributed by atoms with Gasteiger partial charge in [-0.15, -0.1) is 0 Å². The lowest BCUT2D eigenvalue weighted by molar-refractivity contribution is -0.134. The summed E-state index contributed by atoms with van der Waals surface area (Å²) >= 11 is 0. The maximum atomic E-state index is 12.0. The second-order valence-corrected chi connectivity index (χ2v) is 5.12. The minimum absolute atomic E-state index is 0.256. The van der Waals surface area contributed by atoms with E-state index in [1.807, 2.05) is 4.90 Å². The minimum Gasteiger partial charge on any atom is -0.396 e. The molecule has 1 saturated heterocycles. The summed E-state index contributed by atoms with van der Waals surface area (Å²) in [5.41, 5.74) is 0. The smallest absolute Gasteiger partial charge is 0.225 e. The van der Waals surface area contributed by atoms with Crippen LogP contribution in [0, 0.1) is 17.8 Å². The largest absolute Gasteiger partial charge is 0.396 e. The molecule has 3 unspecified atom stereocenters. The van der Waals surface area contributed by atoms with Gasteiger partial charge in [-0.25, -0.2) is 0 Å². The number of carbonyl (C=O) groups is 1. The number of likely N-dealkylation sites (tertiary alicyclic amines) is 1. The van der Waals surface area contributed by atoms with E-state index < -0.39 is 0 Å². The predicted octanol–water partition coefficient (Wildman–Crippen LogP) is 1.26. The van der Waals surface area contributed by atoms with Gasteiger partial charge in [0.15, 0.2) is 0 Å². The molecule has 3 heteroatoms. The number of hydrogen-bond acceptors (Lipinski definition) is 2. The number of piperidine rings is 1. The highest BCUT2D eigenvalue weighted by atomic mass is 16.3. The van der Waals surface area contributed by atoms with E-state index in [0.29, 0.717) is 23.7 Å². The van der Waals surface area contributed by atoms with Crippen molar-refractivity contribution in [3.05, 3.63) is 0 Å². The van der Waals surface area contributed by atoms with E-state index in [1.165, 1.54) is 6.42 Å². The van der Waals surface area contributed by atoms with Gasteiger partial charge in [0.05, 0.1) is 0 Å². The van der Waals surface area contributed by atoms with Crippen molar-refractivity contribution in [3.8, 4) is 0 Å². The molecule has 2 rings (SSSR count). The van der Waals surface area contributed by atoms with Gasteiger partial charge in [-0.1, -0.05) is 6.92 Å². The van der Waals surface area contributed by atoms with Gasteiger partial charge >= 0.3 is 0 Å². The van der Waals surface area contributed by atoms with Crippen LogP contribution >= 0.6 is 0 Å². The maximum Gasteiger partial charge on any atom is 0.225 e. The minimum atomic E-state index is 0.256. The van der Waals surface area contributed by atoms with Crippen molar-refractivity contribution >= 4 is 5.91 Å². The molecule has 1 saturated carbocycles. The second-order valence-electron chi connectivity index (χ2n) is 5.12. The van der Waals surface area contributed by atoms with Gasteiger partial charge < -0.3 is 10.0 Å². The number of aliphatic hydroxyl groups excluding tert-OH is 1. The Hall–Kier alpha value is -0.570. The SMILES string of the molecule is CC1CC1C(=O)N1CCCC(CCO)C1. The Bertz CT molecular complexity index is 240. The molecule has 0 bridgehead atoms. The number of carbonyl (C=O) groups excluding carboxylic acids is 1. The van der Waals surface area contributed by atoms with Crippen LogP contribution < -0.4 is 0 Å². The number of nitrogens with zero attached hydrogens (tertiary/aromatic N) is 1. The van der Waals surface area contributed by atoms with E-state index in [4.69, 9.17) is 5.11 Å². The van der Waals surface area contributed by atoms with Crippen LogP contribution in [0.15, 0.2) is 0 Å². The Morgan fingerprint density at radius 1 is 1.53 bits per heavy atom. The molecule has 1 aliphatic carbocycles. The first-order chi connectivity index (χ1) is 7.22. The van der Waals surface area contributed by atoms with E-state index in [2.05, 4.69) is 6.92 Å². The fourth-order valence-corrected chi connectivity index (χ4v) is 2.58. The van der Waals surface area contributed by atoms with E-state index >= 15 is 0 Å². The van der Waals surface area contributed by atoms with Crippen LogP contribution in [0.2, 0.25) is 0 Å². The third-order valence-electron chi connectivity index (χ3n) is 3.79. The molecule has 3 atom stereocenters. The van der Waals surface area contributed by atoms with Crippen molar-refractivity contribution in [2.45, 2.75) is 32.6 Å². The van der Waals surface area contributed by atoms with Gasteiger partial charge in [-0.05, 0) is 37.5 Å². The number of aliphatic hydroxyl groups is 1. The van der Waals surface area contributed by atoms with Crippen molar-refractivity contribution in [2.75, 3.05) is 19.7 Å². The van der Waals surface area contributed by atoms with E-state index in [0.717, 1.165) is 32.4 Å². The summed E-state index contributed by atoms with van der Waals surface area (Å²) in [5, 5.41) is 8.90. The summed E-state index contributed by atoms with van der Waals surface area (Å²) in [7, 11) is 0. The molecule has 3 nitrogen and oxygen atoms in total. The summed E-state index contributed by atoms with van der Waals surface area (Å²) < 4.78 is 0. The van der Waals surface area contributed by atoms with Crippen molar-refractivity contribution in [3.63, 3.8) is 0 Å². The Kier molecular flexibility index (Phi) is 3.29. The summed E-state index contributed by atoms with van der Waals surface area (Å²) in [4.78, 5) is 14.0. The zero-order chi connectivity index (χ0) is 10.8. The molecule has 0 radical (unpaired) electrons. The Morgan fingerprint density at radius 2 is 2.27 bits per heavy atom. The molecule has 0 aromatic heterocycles. The normalized spacial score (nSPS) is 35.3. The van der Waals surface area contributed by atoms with Crippen LogP contribution in [0.5, 0.6) is 0 Å². The van der Waals surface area contributed by atoms with Gasteiger partial charge in [-0.2, -0.15) is 0 Å². The summed E-state index contributed by atoms with van der Waals surface area (Å²) in [6.45, 7) is 4.22. The van der Waals surface area contributed by atoms with E-state index in [1.54, 1.807) is 0 Å². The van der Waals surface area contributed by atoms with Crippen molar-refractivity contribution in [1.29, 1.82) is 0 Å². The van der Waals surface area contributed by atoms with E-state index in [9.17, 15) is 4.79 Å². The highest BCUT2D eigenvalue weighted by molar-refractivity contribution is 5.81. The van der Waals surface area contributed by atoms with Crippen LogP contribution in [0.25, 0.3) is 0 Å². The quantitative estimate of drug-likeness (QED) is 0.763. The van der Waals surface area contributed by atoms with Gasteiger partial charge in [0, 0.05) is 25.6 Å². The lowest BCUT2D eigenvalue weighted by atomic mass is 9.95. The molecule has 0 aromatic rings. The first-order valence-electron chi connectivity index (χ1n) is 6.12. The van der Waals surface area contributed by atoms with Gasteiger partial charge in [0.25, 0.3) is 0 Å². The molecule has 1 amide bonds. The molecule has 86 valence electrons. The lowest BCUT2D eigenvalue weighted by Gasteiger charge is -2.32. The van der Waals surface area contributed by atoms with Crippen LogP contribution in [0.3, 0.4) is 0 Å². The molecular weight excluding hydrogens is 190 g/mol. The van der Waals surface area contributed by atoms with Crippen LogP contribution in [0.4, 0.5) is 0 Å². The number of rotatable bonds is 3. The Labute approximate surface area is 91.5 Å². The third kappa shape index (κ3) is 2.51.